The Balaban J connectivity index is 2.18. The summed E-state index contributed by atoms with van der Waals surface area (Å²) in [6, 6.07) is -0.540. The number of carbonyl (C=O) groups excluding carboxylic acids is 1. The molecule has 0 spiro atoms. The van der Waals surface area contributed by atoms with E-state index in [-0.39, 0.29) is 17.0 Å². The molecule has 0 radical (unpaired) electrons. The average molecular weight is 270 g/mol. The van der Waals surface area contributed by atoms with Crippen molar-refractivity contribution in [3.05, 3.63) is 11.3 Å². The summed E-state index contributed by atoms with van der Waals surface area (Å²) in [5.74, 6) is -0.599. The first-order chi connectivity index (χ1) is 8.57. The summed E-state index contributed by atoms with van der Waals surface area (Å²) in [6.07, 6.45) is 3.91. The first-order valence-electron chi connectivity index (χ1n) is 6.23. The van der Waals surface area contributed by atoms with E-state index < -0.39 is 12.0 Å². The Hall–Kier alpha value is -1.01. The van der Waals surface area contributed by atoms with Gasteiger partial charge in [-0.1, -0.05) is 19.8 Å². The monoisotopic (exact) mass is 270 g/mol. The SMILES string of the molecule is CCCCCC1=C(C(=O)O)N2C(=O)C(N)[C@@H]2SC1. The van der Waals surface area contributed by atoms with Crippen LogP contribution >= 0.6 is 11.8 Å². The first-order valence-corrected chi connectivity index (χ1v) is 7.28. The second kappa shape index (κ2) is 5.32. The Morgan fingerprint density at radius 1 is 1.56 bits per heavy atom. The van der Waals surface area contributed by atoms with Gasteiger partial charge in [-0.05, 0) is 18.4 Å². The molecular weight excluding hydrogens is 252 g/mol. The third kappa shape index (κ3) is 2.14. The van der Waals surface area contributed by atoms with Gasteiger partial charge in [0, 0.05) is 5.75 Å². The van der Waals surface area contributed by atoms with Crippen LogP contribution in [-0.4, -0.2) is 39.1 Å². The van der Waals surface area contributed by atoms with Crippen molar-refractivity contribution in [3.8, 4) is 0 Å². The first kappa shape index (κ1) is 13.4. The van der Waals surface area contributed by atoms with E-state index in [2.05, 4.69) is 6.92 Å². The maximum absolute atomic E-state index is 11.7. The van der Waals surface area contributed by atoms with Crippen LogP contribution in [0, 0.1) is 0 Å². The third-order valence-corrected chi connectivity index (χ3v) is 4.73. The van der Waals surface area contributed by atoms with Crippen LogP contribution in [0.5, 0.6) is 0 Å². The fourth-order valence-electron chi connectivity index (χ4n) is 2.36. The number of carboxylic acid groups (broad SMARTS) is 1. The Kier molecular flexibility index (Phi) is 3.97. The minimum Gasteiger partial charge on any atom is -0.477 e. The maximum Gasteiger partial charge on any atom is 0.352 e. The Morgan fingerprint density at radius 2 is 2.28 bits per heavy atom. The number of nitrogens with two attached hydrogens (primary N) is 1. The lowest BCUT2D eigenvalue weighted by Crippen LogP contribution is -2.68. The highest BCUT2D eigenvalue weighted by atomic mass is 32.2. The van der Waals surface area contributed by atoms with Gasteiger partial charge in [-0.2, -0.15) is 0 Å². The smallest absolute Gasteiger partial charge is 0.352 e. The zero-order valence-corrected chi connectivity index (χ0v) is 11.2. The molecule has 2 heterocycles. The lowest BCUT2D eigenvalue weighted by Gasteiger charge is -2.48. The van der Waals surface area contributed by atoms with Crippen LogP contribution in [0.2, 0.25) is 0 Å². The molecule has 2 aliphatic heterocycles. The van der Waals surface area contributed by atoms with E-state index in [1.165, 1.54) is 4.90 Å². The van der Waals surface area contributed by atoms with Crippen molar-refractivity contribution in [2.45, 2.75) is 44.0 Å². The van der Waals surface area contributed by atoms with Gasteiger partial charge in [0.1, 0.15) is 17.1 Å². The van der Waals surface area contributed by atoms with Gasteiger partial charge < -0.3 is 10.8 Å². The number of carboxylic acids is 1. The van der Waals surface area contributed by atoms with Crippen LogP contribution in [0.15, 0.2) is 11.3 Å². The summed E-state index contributed by atoms with van der Waals surface area (Å²) in [5, 5.41) is 9.11. The van der Waals surface area contributed by atoms with Crippen molar-refractivity contribution in [2.24, 2.45) is 5.73 Å². The lowest BCUT2D eigenvalue weighted by molar-refractivity contribution is -0.148. The number of nitrogens with zero attached hydrogens (tertiary/aromatic N) is 1. The van der Waals surface area contributed by atoms with Crippen molar-refractivity contribution in [1.82, 2.24) is 4.90 Å². The fourth-order valence-corrected chi connectivity index (χ4v) is 3.70. The molecule has 0 saturated carbocycles. The minimum atomic E-state index is -1.01. The molecule has 0 aliphatic carbocycles. The lowest BCUT2D eigenvalue weighted by atomic mass is 10.0. The molecule has 0 bridgehead atoms. The van der Waals surface area contributed by atoms with Crippen LogP contribution in [0.25, 0.3) is 0 Å². The van der Waals surface area contributed by atoms with Crippen molar-refractivity contribution in [2.75, 3.05) is 5.75 Å². The second-order valence-electron chi connectivity index (χ2n) is 4.65. The Bertz CT molecular complexity index is 408. The number of aliphatic carboxylic acids is 1. The molecule has 1 unspecified atom stereocenters. The van der Waals surface area contributed by atoms with E-state index in [1.54, 1.807) is 11.8 Å². The van der Waals surface area contributed by atoms with Crippen LogP contribution in [0.4, 0.5) is 0 Å². The van der Waals surface area contributed by atoms with Crippen molar-refractivity contribution < 1.29 is 14.7 Å². The number of hydrogen-bond donors (Lipinski definition) is 2. The van der Waals surface area contributed by atoms with Gasteiger partial charge >= 0.3 is 5.97 Å². The van der Waals surface area contributed by atoms with Gasteiger partial charge in [0.15, 0.2) is 0 Å². The highest BCUT2D eigenvalue weighted by molar-refractivity contribution is 8.00. The van der Waals surface area contributed by atoms with E-state index in [0.717, 1.165) is 31.3 Å². The zero-order valence-electron chi connectivity index (χ0n) is 10.4. The molecule has 1 saturated heterocycles. The number of β-lactam (4-membered cyclic amide) rings is 1. The van der Waals surface area contributed by atoms with E-state index >= 15 is 0 Å². The number of fused-ring (bicyclic) bond motifs is 1. The van der Waals surface area contributed by atoms with Crippen LogP contribution in [0.3, 0.4) is 0 Å². The molecule has 0 aromatic heterocycles. The minimum absolute atomic E-state index is 0.182. The normalized spacial score (nSPS) is 27.0. The highest BCUT2D eigenvalue weighted by Crippen LogP contribution is 2.40. The van der Waals surface area contributed by atoms with E-state index in [9.17, 15) is 14.7 Å². The molecule has 18 heavy (non-hydrogen) atoms. The number of unbranched alkanes of at least 4 members (excludes halogenated alkanes) is 2. The summed E-state index contributed by atoms with van der Waals surface area (Å²) in [7, 11) is 0. The third-order valence-electron chi connectivity index (χ3n) is 3.37. The highest BCUT2D eigenvalue weighted by Gasteiger charge is 2.51. The van der Waals surface area contributed by atoms with Gasteiger partial charge in [-0.25, -0.2) is 4.79 Å². The van der Waals surface area contributed by atoms with Crippen molar-refractivity contribution in [1.29, 1.82) is 0 Å². The maximum atomic E-state index is 11.7. The van der Waals surface area contributed by atoms with E-state index in [4.69, 9.17) is 5.73 Å². The predicted molar refractivity (Wildman–Crippen MR) is 69.9 cm³/mol. The number of amides is 1. The van der Waals surface area contributed by atoms with Gasteiger partial charge in [0.05, 0.1) is 0 Å². The summed E-state index contributed by atoms with van der Waals surface area (Å²) < 4.78 is 0. The molecule has 2 aliphatic rings. The molecule has 2 atom stereocenters. The number of hydrogen-bond acceptors (Lipinski definition) is 4. The Labute approximate surface area is 110 Å². The van der Waals surface area contributed by atoms with Crippen LogP contribution < -0.4 is 5.73 Å². The molecule has 6 heteroatoms. The predicted octanol–water partition coefficient (Wildman–Crippen LogP) is 1.15. The topological polar surface area (TPSA) is 83.6 Å². The Morgan fingerprint density at radius 3 is 2.89 bits per heavy atom. The molecular formula is C12H18N2O3S. The van der Waals surface area contributed by atoms with Crippen molar-refractivity contribution >= 4 is 23.6 Å². The molecule has 1 fully saturated rings. The molecule has 2 rings (SSSR count). The number of carbonyl (C=O) groups is 2. The standard InChI is InChI=1S/C12H18N2O3S/c1-2-3-4-5-7-6-18-11-8(13)10(15)14(11)9(7)12(16)17/h8,11H,2-6,13H2,1H3,(H,16,17)/t8?,11-/m0/s1. The molecule has 0 aromatic carbocycles. The van der Waals surface area contributed by atoms with Crippen LogP contribution in [0.1, 0.15) is 32.6 Å². The summed E-state index contributed by atoms with van der Waals surface area (Å²) in [4.78, 5) is 24.4. The zero-order chi connectivity index (χ0) is 13.3. The summed E-state index contributed by atoms with van der Waals surface area (Å²) in [6.45, 7) is 2.11. The quantitative estimate of drug-likeness (QED) is 0.578. The van der Waals surface area contributed by atoms with Gasteiger partial charge in [-0.3, -0.25) is 9.69 Å². The van der Waals surface area contributed by atoms with Gasteiger partial charge in [-0.15, -0.1) is 11.8 Å². The second-order valence-corrected chi connectivity index (χ2v) is 5.76. The molecule has 1 amide bonds. The van der Waals surface area contributed by atoms with E-state index in [1.807, 2.05) is 0 Å². The summed E-state index contributed by atoms with van der Waals surface area (Å²) >= 11 is 1.57. The number of thioether (sulfide) groups is 1. The fraction of sp³-hybridized carbons (Fsp3) is 0.667. The summed E-state index contributed by atoms with van der Waals surface area (Å²) in [5.41, 5.74) is 6.73. The average Bonchev–Trinajstić information content (AvgIpc) is 2.37. The van der Waals surface area contributed by atoms with Gasteiger partial charge in [0.2, 0.25) is 5.91 Å². The molecule has 0 aromatic rings. The molecule has 5 nitrogen and oxygen atoms in total. The largest absolute Gasteiger partial charge is 0.477 e. The molecule has 100 valence electrons. The number of rotatable bonds is 5. The van der Waals surface area contributed by atoms with Crippen LogP contribution in [-0.2, 0) is 9.59 Å². The van der Waals surface area contributed by atoms with E-state index in [0.29, 0.717) is 5.75 Å². The van der Waals surface area contributed by atoms with Gasteiger partial charge in [0.25, 0.3) is 0 Å². The molecule has 3 N–H and O–H groups in total. The van der Waals surface area contributed by atoms with Crippen molar-refractivity contribution in [3.63, 3.8) is 0 Å².